The van der Waals surface area contributed by atoms with Gasteiger partial charge >= 0.3 is 0 Å². The summed E-state index contributed by atoms with van der Waals surface area (Å²) in [4.78, 5) is 31.7. The third kappa shape index (κ3) is 4.46. The summed E-state index contributed by atoms with van der Waals surface area (Å²) in [5.41, 5.74) is 9.32. The number of amides is 2. The molecule has 2 saturated heterocycles. The first-order valence-corrected chi connectivity index (χ1v) is 10.2. The van der Waals surface area contributed by atoms with Crippen LogP contribution >= 0.6 is 0 Å². The van der Waals surface area contributed by atoms with Gasteiger partial charge in [-0.05, 0) is 55.5 Å². The van der Waals surface area contributed by atoms with Crippen LogP contribution in [0.3, 0.4) is 0 Å². The minimum absolute atomic E-state index is 0.0102. The molecule has 3 atom stereocenters. The zero-order valence-corrected chi connectivity index (χ0v) is 16.6. The van der Waals surface area contributed by atoms with E-state index < -0.39 is 0 Å². The van der Waals surface area contributed by atoms with Crippen molar-refractivity contribution in [3.63, 3.8) is 0 Å². The van der Waals surface area contributed by atoms with E-state index in [0.717, 1.165) is 29.7 Å². The first-order valence-electron chi connectivity index (χ1n) is 10.2. The lowest BCUT2D eigenvalue weighted by molar-refractivity contribution is -0.136. The second kappa shape index (κ2) is 8.71. The van der Waals surface area contributed by atoms with Crippen molar-refractivity contribution in [3.05, 3.63) is 59.9 Å². The molecule has 7 nitrogen and oxygen atoms in total. The Morgan fingerprint density at radius 2 is 1.93 bits per heavy atom. The number of para-hydroxylation sites is 1. The summed E-state index contributed by atoms with van der Waals surface area (Å²) >= 11 is 0. The maximum atomic E-state index is 13.0. The lowest BCUT2D eigenvalue weighted by Crippen LogP contribution is -2.50. The highest BCUT2D eigenvalue weighted by Crippen LogP contribution is 2.25. The fourth-order valence-corrected chi connectivity index (χ4v) is 4.09. The zero-order chi connectivity index (χ0) is 20.2. The van der Waals surface area contributed by atoms with Gasteiger partial charge in [-0.2, -0.15) is 0 Å². The predicted octanol–water partition coefficient (Wildman–Crippen LogP) is 2.17. The topological polar surface area (TPSA) is 86.4 Å². The van der Waals surface area contributed by atoms with Crippen molar-refractivity contribution in [2.24, 2.45) is 5.92 Å². The molecule has 2 aliphatic rings. The van der Waals surface area contributed by atoms with Gasteiger partial charge in [-0.1, -0.05) is 18.2 Å². The summed E-state index contributed by atoms with van der Waals surface area (Å²) in [6.45, 7) is 3.14. The standard InChI is InChI=1S/C22H27N5O2/c1-15-5-2-3-7-18(15)24-21(28)17-6-4-12-27(14-17)22(29)20-13-19(25-26-20)16-8-10-23-11-9-16/h2-3,5,7-11,17,19-20,25-26H,4,6,12-14H2,1H3,(H,24,28). The van der Waals surface area contributed by atoms with Crippen molar-refractivity contribution in [1.29, 1.82) is 0 Å². The third-order valence-corrected chi connectivity index (χ3v) is 5.82. The number of nitrogens with zero attached hydrogens (tertiary/aromatic N) is 2. The van der Waals surface area contributed by atoms with Crippen LogP contribution in [0.5, 0.6) is 0 Å². The van der Waals surface area contributed by atoms with Gasteiger partial charge in [0, 0.05) is 37.2 Å². The number of aromatic nitrogens is 1. The Hall–Kier alpha value is -2.77. The van der Waals surface area contributed by atoms with Gasteiger partial charge in [-0.3, -0.25) is 14.6 Å². The number of pyridine rings is 1. The molecular formula is C22H27N5O2. The Morgan fingerprint density at radius 1 is 1.14 bits per heavy atom. The number of benzene rings is 1. The third-order valence-electron chi connectivity index (χ3n) is 5.82. The molecule has 0 saturated carbocycles. The van der Waals surface area contributed by atoms with E-state index in [1.165, 1.54) is 0 Å². The number of rotatable bonds is 4. The van der Waals surface area contributed by atoms with Crippen LogP contribution in [0.2, 0.25) is 0 Å². The van der Waals surface area contributed by atoms with Gasteiger partial charge in [0.15, 0.2) is 0 Å². The lowest BCUT2D eigenvalue weighted by atomic mass is 9.95. The van der Waals surface area contributed by atoms with Gasteiger partial charge in [0.1, 0.15) is 6.04 Å². The molecule has 2 amide bonds. The molecule has 0 bridgehead atoms. The second-order valence-electron chi connectivity index (χ2n) is 7.84. The van der Waals surface area contributed by atoms with Gasteiger partial charge in [0.2, 0.25) is 11.8 Å². The van der Waals surface area contributed by atoms with Crippen LogP contribution in [-0.4, -0.2) is 40.8 Å². The first-order chi connectivity index (χ1) is 14.1. The molecule has 0 aliphatic carbocycles. The summed E-state index contributed by atoms with van der Waals surface area (Å²) in [7, 11) is 0. The molecule has 0 radical (unpaired) electrons. The van der Waals surface area contributed by atoms with E-state index in [-0.39, 0.29) is 29.8 Å². The summed E-state index contributed by atoms with van der Waals surface area (Å²) in [6, 6.07) is 11.5. The average molecular weight is 393 g/mol. The van der Waals surface area contributed by atoms with Crippen molar-refractivity contribution in [3.8, 4) is 0 Å². The molecule has 3 N–H and O–H groups in total. The Kier molecular flexibility index (Phi) is 5.87. The van der Waals surface area contributed by atoms with E-state index in [1.54, 1.807) is 12.4 Å². The molecular weight excluding hydrogens is 366 g/mol. The molecule has 0 spiro atoms. The molecule has 2 fully saturated rings. The number of carbonyl (C=O) groups is 2. The van der Waals surface area contributed by atoms with E-state index in [1.807, 2.05) is 48.2 Å². The number of hydrazine groups is 1. The normalized spacial score (nSPS) is 24.3. The highest BCUT2D eigenvalue weighted by atomic mass is 16.2. The SMILES string of the molecule is Cc1ccccc1NC(=O)C1CCCN(C(=O)C2CC(c3ccncc3)NN2)C1. The smallest absolute Gasteiger partial charge is 0.241 e. The van der Waals surface area contributed by atoms with Crippen LogP contribution in [-0.2, 0) is 9.59 Å². The molecule has 29 heavy (non-hydrogen) atoms. The number of hydrogen-bond donors (Lipinski definition) is 3. The molecule has 7 heteroatoms. The predicted molar refractivity (Wildman–Crippen MR) is 111 cm³/mol. The van der Waals surface area contributed by atoms with Crippen molar-refractivity contribution in [2.75, 3.05) is 18.4 Å². The molecule has 3 unspecified atom stereocenters. The fraction of sp³-hybridized carbons (Fsp3) is 0.409. The molecule has 152 valence electrons. The highest BCUT2D eigenvalue weighted by Gasteiger charge is 2.36. The quantitative estimate of drug-likeness (QED) is 0.741. The van der Waals surface area contributed by atoms with Gasteiger partial charge < -0.3 is 10.2 Å². The number of hydrogen-bond acceptors (Lipinski definition) is 5. The number of piperidine rings is 1. The first kappa shape index (κ1) is 19.5. The number of carbonyl (C=O) groups excluding carboxylic acids is 2. The minimum Gasteiger partial charge on any atom is -0.341 e. The monoisotopic (exact) mass is 393 g/mol. The maximum absolute atomic E-state index is 13.0. The van der Waals surface area contributed by atoms with Crippen LogP contribution in [0.1, 0.15) is 36.4 Å². The van der Waals surface area contributed by atoms with E-state index in [9.17, 15) is 9.59 Å². The maximum Gasteiger partial charge on any atom is 0.241 e. The van der Waals surface area contributed by atoms with Gasteiger partial charge in [0.25, 0.3) is 0 Å². The van der Waals surface area contributed by atoms with Crippen molar-refractivity contribution < 1.29 is 9.59 Å². The summed E-state index contributed by atoms with van der Waals surface area (Å²) in [6.07, 6.45) is 5.84. The molecule has 4 rings (SSSR count). The summed E-state index contributed by atoms with van der Waals surface area (Å²) < 4.78 is 0. The summed E-state index contributed by atoms with van der Waals surface area (Å²) in [5.74, 6) is -0.135. The van der Waals surface area contributed by atoms with Crippen LogP contribution < -0.4 is 16.2 Å². The van der Waals surface area contributed by atoms with Crippen molar-refractivity contribution >= 4 is 17.5 Å². The minimum atomic E-state index is -0.286. The molecule has 1 aromatic heterocycles. The van der Waals surface area contributed by atoms with E-state index in [0.29, 0.717) is 19.5 Å². The van der Waals surface area contributed by atoms with E-state index in [4.69, 9.17) is 0 Å². The number of anilines is 1. The Bertz CT molecular complexity index is 873. The molecule has 2 aliphatic heterocycles. The average Bonchev–Trinajstić information content (AvgIpc) is 3.26. The van der Waals surface area contributed by atoms with Crippen LogP contribution in [0.15, 0.2) is 48.8 Å². The van der Waals surface area contributed by atoms with Crippen LogP contribution in [0, 0.1) is 12.8 Å². The molecule has 3 heterocycles. The number of aryl methyl sites for hydroxylation is 1. The van der Waals surface area contributed by atoms with Gasteiger partial charge in [-0.15, -0.1) is 0 Å². The highest BCUT2D eigenvalue weighted by molar-refractivity contribution is 5.94. The van der Waals surface area contributed by atoms with Gasteiger partial charge in [0.05, 0.1) is 5.92 Å². The summed E-state index contributed by atoms with van der Waals surface area (Å²) in [5, 5.41) is 3.03. The number of nitrogens with one attached hydrogen (secondary N) is 3. The fourth-order valence-electron chi connectivity index (χ4n) is 4.09. The zero-order valence-electron chi connectivity index (χ0n) is 16.6. The van der Waals surface area contributed by atoms with Crippen LogP contribution in [0.25, 0.3) is 0 Å². The van der Waals surface area contributed by atoms with E-state index >= 15 is 0 Å². The Balaban J connectivity index is 1.35. The second-order valence-corrected chi connectivity index (χ2v) is 7.84. The van der Waals surface area contributed by atoms with Crippen molar-refractivity contribution in [2.45, 2.75) is 38.3 Å². The largest absolute Gasteiger partial charge is 0.341 e. The molecule has 1 aromatic carbocycles. The molecule has 2 aromatic rings. The van der Waals surface area contributed by atoms with Crippen molar-refractivity contribution in [1.82, 2.24) is 20.7 Å². The lowest BCUT2D eigenvalue weighted by Gasteiger charge is -2.33. The van der Waals surface area contributed by atoms with Gasteiger partial charge in [-0.25, -0.2) is 10.9 Å². The van der Waals surface area contributed by atoms with Crippen LogP contribution in [0.4, 0.5) is 5.69 Å². The number of likely N-dealkylation sites (tertiary alicyclic amines) is 1. The Morgan fingerprint density at radius 3 is 2.72 bits per heavy atom. The van der Waals surface area contributed by atoms with E-state index in [2.05, 4.69) is 21.2 Å². The Labute approximate surface area is 170 Å².